The van der Waals surface area contributed by atoms with Gasteiger partial charge in [0.05, 0.1) is 37.6 Å². The second kappa shape index (κ2) is 10.1. The highest BCUT2D eigenvalue weighted by Crippen LogP contribution is 2.33. The van der Waals surface area contributed by atoms with Crippen LogP contribution in [0.1, 0.15) is 0 Å². The average Bonchev–Trinajstić information content (AvgIpc) is 2.82. The Morgan fingerprint density at radius 3 is 2.03 bits per heavy atom. The largest absolute Gasteiger partial charge is 0.497 e. The first-order valence-electron chi connectivity index (χ1n) is 9.63. The first kappa shape index (κ1) is 23.0. The number of sulfonamides is 1. The molecule has 0 unspecified atom stereocenters. The van der Waals surface area contributed by atoms with Gasteiger partial charge in [-0.25, -0.2) is 8.42 Å². The highest BCUT2D eigenvalue weighted by Gasteiger charge is 2.29. The standard InChI is InChI=1S/C23H24N2O6S/c1-29-17-12-14-18(15-13-17)32(27,28)25(20-9-5-7-11-22(20)31-3)16-23(26)24-19-8-4-6-10-21(19)30-2/h4-15H,16H2,1-3H3,(H,24,26). The number of rotatable bonds is 9. The van der Waals surface area contributed by atoms with Crippen LogP contribution in [-0.4, -0.2) is 42.2 Å². The summed E-state index contributed by atoms with van der Waals surface area (Å²) in [6.45, 7) is -0.479. The van der Waals surface area contributed by atoms with E-state index in [1.54, 1.807) is 60.7 Å². The summed E-state index contributed by atoms with van der Waals surface area (Å²) in [4.78, 5) is 12.9. The van der Waals surface area contributed by atoms with Gasteiger partial charge in [-0.2, -0.15) is 0 Å². The lowest BCUT2D eigenvalue weighted by atomic mass is 10.2. The van der Waals surface area contributed by atoms with Crippen LogP contribution in [0.15, 0.2) is 77.7 Å². The summed E-state index contributed by atoms with van der Waals surface area (Å²) in [5, 5.41) is 2.71. The molecule has 0 bridgehead atoms. The van der Waals surface area contributed by atoms with E-state index in [0.717, 1.165) is 4.31 Å². The van der Waals surface area contributed by atoms with Crippen LogP contribution in [0.3, 0.4) is 0 Å². The Morgan fingerprint density at radius 2 is 1.41 bits per heavy atom. The molecule has 168 valence electrons. The van der Waals surface area contributed by atoms with E-state index in [-0.39, 0.29) is 10.6 Å². The topological polar surface area (TPSA) is 94.2 Å². The highest BCUT2D eigenvalue weighted by molar-refractivity contribution is 7.92. The van der Waals surface area contributed by atoms with Crippen LogP contribution in [0.4, 0.5) is 11.4 Å². The van der Waals surface area contributed by atoms with Gasteiger partial charge >= 0.3 is 0 Å². The van der Waals surface area contributed by atoms with Crippen LogP contribution >= 0.6 is 0 Å². The number of nitrogens with one attached hydrogen (secondary N) is 1. The molecule has 0 aromatic heterocycles. The molecule has 0 aliphatic carbocycles. The lowest BCUT2D eigenvalue weighted by molar-refractivity contribution is -0.114. The highest BCUT2D eigenvalue weighted by atomic mass is 32.2. The molecule has 0 saturated carbocycles. The minimum absolute atomic E-state index is 0.00861. The maximum Gasteiger partial charge on any atom is 0.264 e. The molecule has 0 saturated heterocycles. The van der Waals surface area contributed by atoms with Gasteiger partial charge in [0.25, 0.3) is 10.0 Å². The Morgan fingerprint density at radius 1 is 0.812 bits per heavy atom. The molecular weight excluding hydrogens is 432 g/mol. The fourth-order valence-corrected chi connectivity index (χ4v) is 4.51. The van der Waals surface area contributed by atoms with Crippen molar-refractivity contribution in [3.8, 4) is 17.2 Å². The Balaban J connectivity index is 2.00. The summed E-state index contributed by atoms with van der Waals surface area (Å²) in [7, 11) is 0.307. The second-order valence-corrected chi connectivity index (χ2v) is 8.47. The van der Waals surface area contributed by atoms with Crippen molar-refractivity contribution in [2.24, 2.45) is 0 Å². The van der Waals surface area contributed by atoms with E-state index < -0.39 is 22.5 Å². The number of hydrogen-bond acceptors (Lipinski definition) is 6. The lowest BCUT2D eigenvalue weighted by Crippen LogP contribution is -2.38. The van der Waals surface area contributed by atoms with Gasteiger partial charge in [0.15, 0.2) is 0 Å². The van der Waals surface area contributed by atoms with E-state index in [2.05, 4.69) is 5.32 Å². The average molecular weight is 457 g/mol. The molecular formula is C23H24N2O6S. The number of benzene rings is 3. The molecule has 9 heteroatoms. The molecule has 0 aliphatic heterocycles. The fraction of sp³-hybridized carbons (Fsp3) is 0.174. The molecule has 0 aliphatic rings. The van der Waals surface area contributed by atoms with Crippen molar-refractivity contribution < 1.29 is 27.4 Å². The van der Waals surface area contributed by atoms with E-state index in [4.69, 9.17) is 14.2 Å². The quantitative estimate of drug-likeness (QED) is 0.529. The molecule has 1 amide bonds. The van der Waals surface area contributed by atoms with Gasteiger partial charge in [-0.3, -0.25) is 9.10 Å². The number of nitrogens with zero attached hydrogens (tertiary/aromatic N) is 1. The lowest BCUT2D eigenvalue weighted by Gasteiger charge is -2.25. The van der Waals surface area contributed by atoms with Gasteiger partial charge in [-0.1, -0.05) is 24.3 Å². The van der Waals surface area contributed by atoms with Crippen molar-refractivity contribution in [1.82, 2.24) is 0 Å². The Hall–Kier alpha value is -3.72. The first-order valence-corrected chi connectivity index (χ1v) is 11.1. The summed E-state index contributed by atoms with van der Waals surface area (Å²) in [5.74, 6) is 0.747. The van der Waals surface area contributed by atoms with Crippen molar-refractivity contribution in [2.75, 3.05) is 37.5 Å². The summed E-state index contributed by atoms with van der Waals surface area (Å²) < 4.78 is 43.8. The third-order valence-electron chi connectivity index (χ3n) is 4.67. The number of ether oxygens (including phenoxy) is 3. The van der Waals surface area contributed by atoms with Crippen molar-refractivity contribution in [2.45, 2.75) is 4.90 Å². The molecule has 0 radical (unpaired) electrons. The number of anilines is 2. The van der Waals surface area contributed by atoms with Crippen molar-refractivity contribution in [3.05, 3.63) is 72.8 Å². The molecule has 0 fully saturated rings. The first-order chi connectivity index (χ1) is 15.4. The number of amides is 1. The van der Waals surface area contributed by atoms with E-state index in [0.29, 0.717) is 22.9 Å². The summed E-state index contributed by atoms with van der Waals surface area (Å²) in [5.41, 5.74) is 0.669. The van der Waals surface area contributed by atoms with Crippen LogP contribution in [0, 0.1) is 0 Å². The normalized spacial score (nSPS) is 10.8. The minimum atomic E-state index is -4.11. The third kappa shape index (κ3) is 4.94. The molecule has 0 heterocycles. The van der Waals surface area contributed by atoms with Gasteiger partial charge in [-0.05, 0) is 48.5 Å². The maximum atomic E-state index is 13.5. The monoisotopic (exact) mass is 456 g/mol. The van der Waals surface area contributed by atoms with Crippen molar-refractivity contribution >= 4 is 27.3 Å². The third-order valence-corrected chi connectivity index (χ3v) is 6.44. The molecule has 3 rings (SSSR count). The SMILES string of the molecule is COc1ccc(S(=O)(=O)N(CC(=O)Nc2ccccc2OC)c2ccccc2OC)cc1. The van der Waals surface area contributed by atoms with Gasteiger partial charge in [-0.15, -0.1) is 0 Å². The van der Waals surface area contributed by atoms with Crippen LogP contribution in [0.5, 0.6) is 17.2 Å². The maximum absolute atomic E-state index is 13.5. The molecule has 3 aromatic rings. The second-order valence-electron chi connectivity index (χ2n) is 6.61. The zero-order valence-corrected chi connectivity index (χ0v) is 18.8. The van der Waals surface area contributed by atoms with Crippen molar-refractivity contribution in [1.29, 1.82) is 0 Å². The summed E-state index contributed by atoms with van der Waals surface area (Å²) in [6, 6.07) is 19.4. The van der Waals surface area contributed by atoms with Gasteiger partial charge < -0.3 is 19.5 Å². The number of methoxy groups -OCH3 is 3. The van der Waals surface area contributed by atoms with E-state index in [1.165, 1.54) is 33.5 Å². The van der Waals surface area contributed by atoms with Crippen LogP contribution in [0.25, 0.3) is 0 Å². The number of carbonyl (C=O) groups excluding carboxylic acids is 1. The summed E-state index contributed by atoms with van der Waals surface area (Å²) >= 11 is 0. The predicted octanol–water partition coefficient (Wildman–Crippen LogP) is 3.55. The minimum Gasteiger partial charge on any atom is -0.497 e. The number of carbonyl (C=O) groups is 1. The van der Waals surface area contributed by atoms with Crippen LogP contribution < -0.4 is 23.8 Å². The van der Waals surface area contributed by atoms with Crippen LogP contribution in [-0.2, 0) is 14.8 Å². The molecule has 32 heavy (non-hydrogen) atoms. The van der Waals surface area contributed by atoms with E-state index in [9.17, 15) is 13.2 Å². The molecule has 0 spiro atoms. The smallest absolute Gasteiger partial charge is 0.264 e. The number of hydrogen-bond donors (Lipinski definition) is 1. The van der Waals surface area contributed by atoms with Crippen molar-refractivity contribution in [3.63, 3.8) is 0 Å². The van der Waals surface area contributed by atoms with Gasteiger partial charge in [0, 0.05) is 0 Å². The predicted molar refractivity (Wildman–Crippen MR) is 122 cm³/mol. The van der Waals surface area contributed by atoms with E-state index in [1.807, 2.05) is 0 Å². The molecule has 1 N–H and O–H groups in total. The Bertz CT molecular complexity index is 1180. The van der Waals surface area contributed by atoms with Gasteiger partial charge in [0.1, 0.15) is 23.8 Å². The Kier molecular flexibility index (Phi) is 7.21. The summed E-state index contributed by atoms with van der Waals surface area (Å²) in [6.07, 6.45) is 0. The fourth-order valence-electron chi connectivity index (χ4n) is 3.08. The zero-order chi connectivity index (χ0) is 23.1. The van der Waals surface area contributed by atoms with Crippen LogP contribution in [0.2, 0.25) is 0 Å². The molecule has 3 aromatic carbocycles. The molecule has 0 atom stereocenters. The number of para-hydroxylation sites is 4. The van der Waals surface area contributed by atoms with Gasteiger partial charge in [0.2, 0.25) is 5.91 Å². The molecule has 8 nitrogen and oxygen atoms in total. The van der Waals surface area contributed by atoms with E-state index >= 15 is 0 Å². The Labute approximate surface area is 187 Å². The zero-order valence-electron chi connectivity index (χ0n) is 17.9.